The zero-order chi connectivity index (χ0) is 24.1. The van der Waals surface area contributed by atoms with Crippen molar-refractivity contribution in [2.75, 3.05) is 36.5 Å². The zero-order valence-electron chi connectivity index (χ0n) is 18.6. The minimum Gasteiger partial charge on any atom is -0.480 e. The van der Waals surface area contributed by atoms with Gasteiger partial charge in [0.2, 0.25) is 0 Å². The largest absolute Gasteiger partial charge is 0.480 e. The highest BCUT2D eigenvalue weighted by atomic mass is 19.1. The van der Waals surface area contributed by atoms with Crippen molar-refractivity contribution < 1.29 is 23.5 Å². The molecule has 3 aliphatic rings. The molecule has 0 saturated carbocycles. The highest BCUT2D eigenvalue weighted by Gasteiger charge is 2.34. The molecule has 2 aromatic heterocycles. The molecule has 35 heavy (non-hydrogen) atoms. The van der Waals surface area contributed by atoms with Gasteiger partial charge in [0.15, 0.2) is 18.2 Å². The number of nitrogens with zero attached hydrogens (tertiary/aromatic N) is 3. The molecule has 11 heteroatoms. The summed E-state index contributed by atoms with van der Waals surface area (Å²) in [5.74, 6) is 0.323. The summed E-state index contributed by atoms with van der Waals surface area (Å²) in [7, 11) is 0. The Hall–Kier alpha value is -3.99. The van der Waals surface area contributed by atoms with Crippen molar-refractivity contribution in [2.24, 2.45) is 0 Å². The molecule has 2 N–H and O–H groups in total. The summed E-state index contributed by atoms with van der Waals surface area (Å²) < 4.78 is 27.0. The number of fused-ring (bicyclic) bond motifs is 1. The van der Waals surface area contributed by atoms with E-state index in [1.54, 1.807) is 28.8 Å². The average Bonchev–Trinajstić information content (AvgIpc) is 3.42. The Bertz CT molecular complexity index is 1420. The molecule has 2 atom stereocenters. The Labute approximate surface area is 198 Å². The number of aromatic nitrogens is 2. The maximum absolute atomic E-state index is 14.6. The number of carbonyl (C=O) groups is 2. The van der Waals surface area contributed by atoms with Crippen molar-refractivity contribution in [1.82, 2.24) is 14.9 Å². The van der Waals surface area contributed by atoms with E-state index in [1.807, 2.05) is 0 Å². The molecule has 10 nitrogen and oxygen atoms in total. The molecule has 2 amide bonds. The van der Waals surface area contributed by atoms with Crippen LogP contribution in [0.15, 0.2) is 41.2 Å². The van der Waals surface area contributed by atoms with E-state index in [-0.39, 0.29) is 41.7 Å². The van der Waals surface area contributed by atoms with Crippen molar-refractivity contribution in [3.05, 3.63) is 58.1 Å². The quantitative estimate of drug-likeness (QED) is 0.520. The molecule has 0 bridgehead atoms. The molecule has 0 aliphatic carbocycles. The molecule has 0 radical (unpaired) electrons. The first-order valence-corrected chi connectivity index (χ1v) is 11.4. The SMILES string of the molecule is O=C1COc2ccc(N3C[C@@H](CCNC[C@@H]4Cn5c(=O)ccc6ccc(F)c4c65)OC3=O)nc2N1. The number of pyridine rings is 2. The number of ether oxygens (including phenoxy) is 2. The van der Waals surface area contributed by atoms with E-state index >= 15 is 0 Å². The van der Waals surface area contributed by atoms with Gasteiger partial charge < -0.3 is 24.7 Å². The van der Waals surface area contributed by atoms with E-state index in [2.05, 4.69) is 15.6 Å². The fraction of sp³-hybridized carbons (Fsp3) is 0.333. The van der Waals surface area contributed by atoms with E-state index in [4.69, 9.17) is 9.47 Å². The van der Waals surface area contributed by atoms with Crippen LogP contribution in [0, 0.1) is 5.82 Å². The molecule has 1 saturated heterocycles. The number of amides is 2. The van der Waals surface area contributed by atoms with Crippen molar-refractivity contribution in [3.63, 3.8) is 0 Å². The number of halogens is 1. The third kappa shape index (κ3) is 3.77. The number of hydrogen-bond acceptors (Lipinski definition) is 7. The minimum atomic E-state index is -0.509. The molecule has 3 aliphatic heterocycles. The lowest BCUT2D eigenvalue weighted by Crippen LogP contribution is -2.30. The van der Waals surface area contributed by atoms with Gasteiger partial charge >= 0.3 is 6.09 Å². The molecule has 3 aromatic rings. The van der Waals surface area contributed by atoms with Gasteiger partial charge in [0.25, 0.3) is 11.5 Å². The van der Waals surface area contributed by atoms with Crippen LogP contribution in [-0.4, -0.2) is 53.9 Å². The van der Waals surface area contributed by atoms with Crippen LogP contribution in [0.3, 0.4) is 0 Å². The number of rotatable bonds is 6. The molecule has 0 unspecified atom stereocenters. The highest BCUT2D eigenvalue weighted by molar-refractivity contribution is 5.95. The molecule has 1 fully saturated rings. The Kier molecular flexibility index (Phi) is 5.14. The molecule has 6 rings (SSSR count). The standard InChI is InChI=1S/C24H22FN5O5/c25-16-3-1-13-2-6-20(32)30-10-14(21(16)22(13)30)9-26-8-7-15-11-29(24(33)35-15)18-5-4-17-23(27-18)28-19(31)12-34-17/h1-6,14-15,26H,7-12H2,(H,27,28,31)/t14-,15-/m1/s1. The Balaban J connectivity index is 1.06. The van der Waals surface area contributed by atoms with Gasteiger partial charge in [-0.05, 0) is 48.7 Å². The number of anilines is 2. The van der Waals surface area contributed by atoms with Crippen LogP contribution < -0.4 is 25.8 Å². The summed E-state index contributed by atoms with van der Waals surface area (Å²) in [6.45, 7) is 1.72. The number of cyclic esters (lactones) is 1. The maximum Gasteiger partial charge on any atom is 0.415 e. The second-order valence-corrected chi connectivity index (χ2v) is 8.84. The normalized spacial score (nSPS) is 20.5. The van der Waals surface area contributed by atoms with E-state index in [9.17, 15) is 18.8 Å². The van der Waals surface area contributed by atoms with Gasteiger partial charge in [0.1, 0.15) is 17.7 Å². The van der Waals surface area contributed by atoms with Gasteiger partial charge in [-0.1, -0.05) is 0 Å². The van der Waals surface area contributed by atoms with Crippen LogP contribution in [0.1, 0.15) is 17.9 Å². The lowest BCUT2D eigenvalue weighted by molar-refractivity contribution is -0.118. The minimum absolute atomic E-state index is 0.0691. The van der Waals surface area contributed by atoms with E-state index in [0.29, 0.717) is 55.2 Å². The molecule has 0 spiro atoms. The summed E-state index contributed by atoms with van der Waals surface area (Å²) in [6, 6.07) is 9.68. The number of carbonyl (C=O) groups excluding carboxylic acids is 2. The van der Waals surface area contributed by atoms with Crippen LogP contribution in [0.4, 0.5) is 20.8 Å². The first kappa shape index (κ1) is 21.5. The van der Waals surface area contributed by atoms with E-state index < -0.39 is 6.09 Å². The van der Waals surface area contributed by atoms with Crippen molar-refractivity contribution >= 4 is 34.5 Å². The predicted molar refractivity (Wildman–Crippen MR) is 124 cm³/mol. The number of benzene rings is 1. The fourth-order valence-electron chi connectivity index (χ4n) is 4.95. The van der Waals surface area contributed by atoms with Crippen LogP contribution in [0.25, 0.3) is 10.9 Å². The van der Waals surface area contributed by atoms with Crippen molar-refractivity contribution in [1.29, 1.82) is 0 Å². The topological polar surface area (TPSA) is 115 Å². The van der Waals surface area contributed by atoms with Gasteiger partial charge in [-0.2, -0.15) is 0 Å². The van der Waals surface area contributed by atoms with Crippen LogP contribution in [0.2, 0.25) is 0 Å². The second-order valence-electron chi connectivity index (χ2n) is 8.84. The fourth-order valence-corrected chi connectivity index (χ4v) is 4.95. The van der Waals surface area contributed by atoms with Gasteiger partial charge in [-0.25, -0.2) is 14.2 Å². The highest BCUT2D eigenvalue weighted by Crippen LogP contribution is 2.34. The Morgan fingerprint density at radius 2 is 1.97 bits per heavy atom. The van der Waals surface area contributed by atoms with E-state index in [0.717, 1.165) is 5.39 Å². The van der Waals surface area contributed by atoms with Crippen LogP contribution >= 0.6 is 0 Å². The molecule has 1 aromatic carbocycles. The summed E-state index contributed by atoms with van der Waals surface area (Å²) >= 11 is 0. The smallest absolute Gasteiger partial charge is 0.415 e. The molecule has 5 heterocycles. The number of nitrogens with one attached hydrogen (secondary N) is 2. The predicted octanol–water partition coefficient (Wildman–Crippen LogP) is 1.97. The lowest BCUT2D eigenvalue weighted by atomic mass is 9.99. The molecular formula is C24H22FN5O5. The first-order valence-electron chi connectivity index (χ1n) is 11.4. The maximum atomic E-state index is 14.6. The third-order valence-electron chi connectivity index (χ3n) is 6.59. The van der Waals surface area contributed by atoms with Crippen LogP contribution in [0.5, 0.6) is 5.75 Å². The van der Waals surface area contributed by atoms with Gasteiger partial charge in [0.05, 0.1) is 12.1 Å². The van der Waals surface area contributed by atoms with Gasteiger partial charge in [-0.15, -0.1) is 0 Å². The summed E-state index contributed by atoms with van der Waals surface area (Å²) in [5.41, 5.74) is 1.11. The number of hydrogen-bond donors (Lipinski definition) is 2. The lowest BCUT2D eigenvalue weighted by Gasteiger charge is -2.19. The zero-order valence-corrected chi connectivity index (χ0v) is 18.6. The summed E-state index contributed by atoms with van der Waals surface area (Å²) in [6.07, 6.45) is -0.300. The monoisotopic (exact) mass is 479 g/mol. The average molecular weight is 479 g/mol. The molecular weight excluding hydrogens is 457 g/mol. The van der Waals surface area contributed by atoms with Crippen LogP contribution in [-0.2, 0) is 16.1 Å². The molecule has 180 valence electrons. The second kappa shape index (κ2) is 8.35. The van der Waals surface area contributed by atoms with Crippen molar-refractivity contribution in [3.8, 4) is 5.75 Å². The van der Waals surface area contributed by atoms with E-state index in [1.165, 1.54) is 17.0 Å². The third-order valence-corrected chi connectivity index (χ3v) is 6.59. The van der Waals surface area contributed by atoms with Gasteiger partial charge in [-0.3, -0.25) is 14.5 Å². The first-order chi connectivity index (χ1) is 17.0. The van der Waals surface area contributed by atoms with Gasteiger partial charge in [0, 0.05) is 30.6 Å². The Morgan fingerprint density at radius 3 is 2.86 bits per heavy atom. The van der Waals surface area contributed by atoms with Crippen molar-refractivity contribution in [2.45, 2.75) is 25.0 Å². The summed E-state index contributed by atoms with van der Waals surface area (Å²) in [5, 5.41) is 6.80. The summed E-state index contributed by atoms with van der Waals surface area (Å²) in [4.78, 5) is 42.0. The Morgan fingerprint density at radius 1 is 1.11 bits per heavy atom.